The molecule has 1 saturated heterocycles. The third-order valence-corrected chi connectivity index (χ3v) is 4.33. The summed E-state index contributed by atoms with van der Waals surface area (Å²) in [4.78, 5) is 2.37. The van der Waals surface area contributed by atoms with Crippen molar-refractivity contribution in [3.63, 3.8) is 0 Å². The van der Waals surface area contributed by atoms with Gasteiger partial charge in [0.25, 0.3) is 0 Å². The fourth-order valence-electron chi connectivity index (χ4n) is 2.95. The molecule has 19 heavy (non-hydrogen) atoms. The van der Waals surface area contributed by atoms with Gasteiger partial charge < -0.3 is 10.6 Å². The summed E-state index contributed by atoms with van der Waals surface area (Å²) in [5, 5.41) is 0. The Hall–Kier alpha value is -0.930. The molecule has 1 atom stereocenters. The van der Waals surface area contributed by atoms with Gasteiger partial charge in [-0.25, -0.2) is 4.39 Å². The Bertz CT molecular complexity index is 397. The number of nitrogens with zero attached hydrogens (tertiary/aromatic N) is 1. The van der Waals surface area contributed by atoms with Crippen molar-refractivity contribution in [1.29, 1.82) is 0 Å². The van der Waals surface area contributed by atoms with Gasteiger partial charge in [-0.3, -0.25) is 0 Å². The van der Waals surface area contributed by atoms with Crippen molar-refractivity contribution in [3.8, 4) is 0 Å². The highest BCUT2D eigenvalue weighted by Crippen LogP contribution is 2.25. The van der Waals surface area contributed by atoms with Gasteiger partial charge in [0.2, 0.25) is 0 Å². The molecule has 2 N–H and O–H groups in total. The molecule has 1 aromatic carbocycles. The summed E-state index contributed by atoms with van der Waals surface area (Å²) in [5.41, 5.74) is 6.77. The Morgan fingerprint density at radius 1 is 1.26 bits per heavy atom. The molecule has 1 aliphatic heterocycles. The van der Waals surface area contributed by atoms with E-state index in [0.717, 1.165) is 31.5 Å². The van der Waals surface area contributed by atoms with Crippen LogP contribution in [0.5, 0.6) is 0 Å². The second-order valence-corrected chi connectivity index (χ2v) is 6.01. The molecule has 2 rings (SSSR count). The third kappa shape index (κ3) is 3.77. The zero-order valence-corrected chi connectivity index (χ0v) is 12.0. The molecule has 106 valence electrons. The average Bonchev–Trinajstić information content (AvgIpc) is 2.39. The number of hydrogen-bond donors (Lipinski definition) is 1. The normalized spacial score (nSPS) is 19.8. The average molecular weight is 264 g/mol. The quantitative estimate of drug-likeness (QED) is 0.905. The van der Waals surface area contributed by atoms with Gasteiger partial charge in [0.05, 0.1) is 0 Å². The van der Waals surface area contributed by atoms with Crippen LogP contribution in [0.3, 0.4) is 0 Å². The van der Waals surface area contributed by atoms with Gasteiger partial charge >= 0.3 is 0 Å². The van der Waals surface area contributed by atoms with E-state index in [1.165, 1.54) is 18.9 Å². The zero-order chi connectivity index (χ0) is 13.8. The zero-order valence-electron chi connectivity index (χ0n) is 12.0. The Kier molecular flexibility index (Phi) is 4.94. The lowest BCUT2D eigenvalue weighted by molar-refractivity contribution is 0.150. The molecule has 0 saturated carbocycles. The van der Waals surface area contributed by atoms with Crippen molar-refractivity contribution in [2.75, 3.05) is 19.6 Å². The van der Waals surface area contributed by atoms with Gasteiger partial charge in [-0.2, -0.15) is 0 Å². The number of hydrogen-bond acceptors (Lipinski definition) is 2. The van der Waals surface area contributed by atoms with Gasteiger partial charge in [-0.05, 0) is 43.8 Å². The predicted octanol–water partition coefficient (Wildman–Crippen LogP) is 3.19. The third-order valence-electron chi connectivity index (χ3n) is 4.33. The maximum atomic E-state index is 13.7. The molecule has 3 heteroatoms. The predicted molar refractivity (Wildman–Crippen MR) is 77.3 cm³/mol. The highest BCUT2D eigenvalue weighted by molar-refractivity contribution is 5.21. The summed E-state index contributed by atoms with van der Waals surface area (Å²) in [5.74, 6) is 1.41. The monoisotopic (exact) mass is 264 g/mol. The van der Waals surface area contributed by atoms with E-state index >= 15 is 0 Å². The summed E-state index contributed by atoms with van der Waals surface area (Å²) < 4.78 is 13.7. The van der Waals surface area contributed by atoms with Crippen molar-refractivity contribution in [1.82, 2.24) is 4.90 Å². The SMILES string of the molecule is CC(C)C1CCN(CC(N)c2ccccc2F)CC1. The molecular weight excluding hydrogens is 239 g/mol. The largest absolute Gasteiger partial charge is 0.323 e. The molecule has 1 aliphatic rings. The number of halogens is 1. The molecule has 1 heterocycles. The second kappa shape index (κ2) is 6.49. The molecule has 0 aromatic heterocycles. The highest BCUT2D eigenvalue weighted by atomic mass is 19.1. The van der Waals surface area contributed by atoms with E-state index < -0.39 is 0 Å². The number of nitrogens with two attached hydrogens (primary N) is 1. The summed E-state index contributed by atoms with van der Waals surface area (Å²) >= 11 is 0. The molecule has 1 aromatic rings. The van der Waals surface area contributed by atoms with Crippen molar-refractivity contribution in [2.24, 2.45) is 17.6 Å². The minimum atomic E-state index is -0.225. The molecule has 0 aliphatic carbocycles. The number of piperidine rings is 1. The highest BCUT2D eigenvalue weighted by Gasteiger charge is 2.23. The van der Waals surface area contributed by atoms with Crippen LogP contribution in [0.4, 0.5) is 4.39 Å². The van der Waals surface area contributed by atoms with Crippen LogP contribution in [0.1, 0.15) is 38.3 Å². The first-order valence-electron chi connectivity index (χ1n) is 7.30. The van der Waals surface area contributed by atoms with Crippen LogP contribution in [0.2, 0.25) is 0 Å². The van der Waals surface area contributed by atoms with Crippen molar-refractivity contribution < 1.29 is 4.39 Å². The summed E-state index contributed by atoms with van der Waals surface area (Å²) in [6.07, 6.45) is 2.48. The molecule has 2 nitrogen and oxygen atoms in total. The van der Waals surface area contributed by atoms with Crippen molar-refractivity contribution in [2.45, 2.75) is 32.7 Å². The summed E-state index contributed by atoms with van der Waals surface area (Å²) in [6.45, 7) is 7.53. The Labute approximate surface area is 115 Å². The van der Waals surface area contributed by atoms with Crippen molar-refractivity contribution >= 4 is 0 Å². The van der Waals surface area contributed by atoms with Gasteiger partial charge in [0.1, 0.15) is 5.82 Å². The van der Waals surface area contributed by atoms with E-state index in [9.17, 15) is 4.39 Å². The lowest BCUT2D eigenvalue weighted by atomic mass is 9.86. The van der Waals surface area contributed by atoms with Crippen molar-refractivity contribution in [3.05, 3.63) is 35.6 Å². The van der Waals surface area contributed by atoms with Crippen LogP contribution in [-0.2, 0) is 0 Å². The molecule has 0 bridgehead atoms. The second-order valence-electron chi connectivity index (χ2n) is 6.01. The molecule has 0 radical (unpaired) electrons. The van der Waals surface area contributed by atoms with Crippen LogP contribution < -0.4 is 5.73 Å². The molecule has 1 unspecified atom stereocenters. The lowest BCUT2D eigenvalue weighted by Crippen LogP contribution is -2.39. The van der Waals surface area contributed by atoms with Crippen LogP contribution in [0.15, 0.2) is 24.3 Å². The molecule has 0 amide bonds. The van der Waals surface area contributed by atoms with E-state index in [1.54, 1.807) is 12.1 Å². The fourth-order valence-corrected chi connectivity index (χ4v) is 2.95. The number of likely N-dealkylation sites (tertiary alicyclic amines) is 1. The van der Waals surface area contributed by atoms with Gasteiger partial charge in [-0.1, -0.05) is 32.0 Å². The number of benzene rings is 1. The summed E-state index contributed by atoms with van der Waals surface area (Å²) in [6, 6.07) is 6.61. The van der Waals surface area contributed by atoms with E-state index in [4.69, 9.17) is 5.73 Å². The maximum Gasteiger partial charge on any atom is 0.128 e. The Balaban J connectivity index is 1.87. The Morgan fingerprint density at radius 2 is 1.89 bits per heavy atom. The molecule has 1 fully saturated rings. The first-order valence-corrected chi connectivity index (χ1v) is 7.30. The van der Waals surface area contributed by atoms with Gasteiger partial charge in [0.15, 0.2) is 0 Å². The van der Waals surface area contributed by atoms with E-state index in [0.29, 0.717) is 5.56 Å². The van der Waals surface area contributed by atoms with Crippen LogP contribution in [-0.4, -0.2) is 24.5 Å². The minimum absolute atomic E-state index is 0.188. The first-order chi connectivity index (χ1) is 9.08. The number of rotatable bonds is 4. The first kappa shape index (κ1) is 14.5. The minimum Gasteiger partial charge on any atom is -0.323 e. The standard InChI is InChI=1S/C16H25FN2/c1-12(2)13-7-9-19(10-8-13)11-16(18)14-5-3-4-6-15(14)17/h3-6,12-13,16H,7-11,18H2,1-2H3. The molecule has 0 spiro atoms. The van der Waals surface area contributed by atoms with Crippen LogP contribution >= 0.6 is 0 Å². The lowest BCUT2D eigenvalue weighted by Gasteiger charge is -2.35. The summed E-state index contributed by atoms with van der Waals surface area (Å²) in [7, 11) is 0. The van der Waals surface area contributed by atoms with E-state index in [-0.39, 0.29) is 11.9 Å². The molecular formula is C16H25FN2. The maximum absolute atomic E-state index is 13.7. The van der Waals surface area contributed by atoms with Gasteiger partial charge in [-0.15, -0.1) is 0 Å². The van der Waals surface area contributed by atoms with Gasteiger partial charge in [0, 0.05) is 18.2 Å². The van der Waals surface area contributed by atoms with E-state index in [1.807, 2.05) is 6.07 Å². The smallest absolute Gasteiger partial charge is 0.128 e. The topological polar surface area (TPSA) is 29.3 Å². The fraction of sp³-hybridized carbons (Fsp3) is 0.625. The van der Waals surface area contributed by atoms with E-state index in [2.05, 4.69) is 18.7 Å². The van der Waals surface area contributed by atoms with Crippen LogP contribution in [0, 0.1) is 17.7 Å². The van der Waals surface area contributed by atoms with Crippen LogP contribution in [0.25, 0.3) is 0 Å². The Morgan fingerprint density at radius 3 is 2.47 bits per heavy atom.